The van der Waals surface area contributed by atoms with Gasteiger partial charge in [-0.25, -0.2) is 4.99 Å². The Morgan fingerprint density at radius 2 is 2.25 bits per heavy atom. The van der Waals surface area contributed by atoms with Crippen LogP contribution in [0.5, 0.6) is 5.75 Å². The Bertz CT molecular complexity index is 715. The van der Waals surface area contributed by atoms with Crippen LogP contribution < -0.4 is 15.4 Å². The highest BCUT2D eigenvalue weighted by atomic mass is 127. The molecule has 0 aromatic heterocycles. The fourth-order valence-electron chi connectivity index (χ4n) is 3.96. The van der Waals surface area contributed by atoms with Gasteiger partial charge in [-0.3, -0.25) is 4.79 Å². The molecule has 1 atom stereocenters. The summed E-state index contributed by atoms with van der Waals surface area (Å²) in [6, 6.07) is 5.68. The summed E-state index contributed by atoms with van der Waals surface area (Å²) in [4.78, 5) is 18.9. The SMILES string of the molecule is CCNC(=NCc1ccc(Cl)cc1OCC)N1CCCC2(CNC(=O)C2)C1.I. The van der Waals surface area contributed by atoms with Crippen molar-refractivity contribution in [2.45, 2.75) is 39.7 Å². The summed E-state index contributed by atoms with van der Waals surface area (Å²) in [5.74, 6) is 1.85. The lowest BCUT2D eigenvalue weighted by Gasteiger charge is -2.40. The molecule has 1 aromatic carbocycles. The second-order valence-corrected chi connectivity index (χ2v) is 7.77. The minimum Gasteiger partial charge on any atom is -0.493 e. The van der Waals surface area contributed by atoms with E-state index in [1.807, 2.05) is 25.1 Å². The van der Waals surface area contributed by atoms with Crippen LogP contribution in [0.25, 0.3) is 0 Å². The number of carbonyl (C=O) groups excluding carboxylic acids is 1. The van der Waals surface area contributed by atoms with Crippen LogP contribution in [0.3, 0.4) is 0 Å². The molecule has 1 unspecified atom stereocenters. The van der Waals surface area contributed by atoms with E-state index in [1.54, 1.807) is 0 Å². The molecule has 2 fully saturated rings. The van der Waals surface area contributed by atoms with Gasteiger partial charge < -0.3 is 20.3 Å². The van der Waals surface area contributed by atoms with Gasteiger partial charge in [0.25, 0.3) is 0 Å². The Hall–Kier alpha value is -1.22. The molecule has 0 aliphatic carbocycles. The molecule has 28 heavy (non-hydrogen) atoms. The van der Waals surface area contributed by atoms with Crippen molar-refractivity contribution in [1.82, 2.24) is 15.5 Å². The zero-order valence-electron chi connectivity index (χ0n) is 16.6. The lowest BCUT2D eigenvalue weighted by atomic mass is 9.79. The maximum atomic E-state index is 11.8. The summed E-state index contributed by atoms with van der Waals surface area (Å²) in [6.07, 6.45) is 2.78. The van der Waals surface area contributed by atoms with Crippen LogP contribution in [-0.2, 0) is 11.3 Å². The third-order valence-corrected chi connectivity index (χ3v) is 5.46. The number of nitrogens with zero attached hydrogens (tertiary/aromatic N) is 2. The van der Waals surface area contributed by atoms with Crippen LogP contribution in [0.4, 0.5) is 0 Å². The molecule has 2 heterocycles. The van der Waals surface area contributed by atoms with Gasteiger partial charge in [0, 0.05) is 48.6 Å². The Labute approximate surface area is 189 Å². The van der Waals surface area contributed by atoms with Gasteiger partial charge in [0.05, 0.1) is 13.2 Å². The number of ether oxygens (including phenoxy) is 1. The quantitative estimate of drug-likeness (QED) is 0.355. The summed E-state index contributed by atoms with van der Waals surface area (Å²) in [7, 11) is 0. The molecule has 2 aliphatic rings. The van der Waals surface area contributed by atoms with Crippen molar-refractivity contribution < 1.29 is 9.53 Å². The van der Waals surface area contributed by atoms with Crippen molar-refractivity contribution in [3.63, 3.8) is 0 Å². The first kappa shape index (κ1) is 23.1. The number of likely N-dealkylation sites (tertiary alicyclic amines) is 1. The number of benzene rings is 1. The molecule has 1 aromatic rings. The van der Waals surface area contributed by atoms with Crippen LogP contribution >= 0.6 is 35.6 Å². The molecule has 2 saturated heterocycles. The van der Waals surface area contributed by atoms with Crippen molar-refractivity contribution in [3.05, 3.63) is 28.8 Å². The van der Waals surface area contributed by atoms with E-state index in [0.717, 1.165) is 56.3 Å². The third-order valence-electron chi connectivity index (χ3n) is 5.22. The van der Waals surface area contributed by atoms with Crippen molar-refractivity contribution in [3.8, 4) is 5.75 Å². The maximum absolute atomic E-state index is 11.8. The predicted octanol–water partition coefficient (Wildman–Crippen LogP) is 3.42. The summed E-state index contributed by atoms with van der Waals surface area (Å²) in [6.45, 7) is 8.54. The highest BCUT2D eigenvalue weighted by molar-refractivity contribution is 14.0. The topological polar surface area (TPSA) is 66.0 Å². The highest BCUT2D eigenvalue weighted by Crippen LogP contribution is 2.36. The lowest BCUT2D eigenvalue weighted by Crippen LogP contribution is -2.51. The fourth-order valence-corrected chi connectivity index (χ4v) is 4.13. The number of aliphatic imine (C=N–C) groups is 1. The Balaban J connectivity index is 0.00000280. The van der Waals surface area contributed by atoms with E-state index < -0.39 is 0 Å². The summed E-state index contributed by atoms with van der Waals surface area (Å²) in [5.41, 5.74) is 1.06. The van der Waals surface area contributed by atoms with Gasteiger partial charge >= 0.3 is 0 Å². The molecule has 0 saturated carbocycles. The summed E-state index contributed by atoms with van der Waals surface area (Å²) in [5, 5.41) is 7.07. The first-order valence-electron chi connectivity index (χ1n) is 9.76. The van der Waals surface area contributed by atoms with Gasteiger partial charge in [-0.2, -0.15) is 0 Å². The predicted molar refractivity (Wildman–Crippen MR) is 124 cm³/mol. The number of hydrogen-bond acceptors (Lipinski definition) is 3. The van der Waals surface area contributed by atoms with E-state index in [2.05, 4.69) is 22.5 Å². The van der Waals surface area contributed by atoms with Crippen molar-refractivity contribution in [2.24, 2.45) is 10.4 Å². The second-order valence-electron chi connectivity index (χ2n) is 7.33. The number of nitrogens with one attached hydrogen (secondary N) is 2. The normalized spacial score (nSPS) is 22.0. The van der Waals surface area contributed by atoms with Crippen molar-refractivity contribution in [2.75, 3.05) is 32.8 Å². The summed E-state index contributed by atoms with van der Waals surface area (Å²) >= 11 is 6.10. The molecule has 0 radical (unpaired) electrons. The molecular formula is C20H30ClIN4O2. The molecule has 6 nitrogen and oxygen atoms in total. The van der Waals surface area contributed by atoms with Crippen LogP contribution in [0.15, 0.2) is 23.2 Å². The number of amides is 1. The minimum absolute atomic E-state index is 0. The monoisotopic (exact) mass is 520 g/mol. The first-order chi connectivity index (χ1) is 13.0. The molecule has 2 N–H and O–H groups in total. The largest absolute Gasteiger partial charge is 0.493 e. The van der Waals surface area contributed by atoms with Gasteiger partial charge in [-0.1, -0.05) is 17.7 Å². The Morgan fingerprint density at radius 3 is 2.93 bits per heavy atom. The lowest BCUT2D eigenvalue weighted by molar-refractivity contribution is -0.119. The van der Waals surface area contributed by atoms with Gasteiger partial charge in [0.2, 0.25) is 5.91 Å². The van der Waals surface area contributed by atoms with E-state index in [1.165, 1.54) is 0 Å². The fraction of sp³-hybridized carbons (Fsp3) is 0.600. The van der Waals surface area contributed by atoms with Gasteiger partial charge in [0.1, 0.15) is 5.75 Å². The zero-order valence-corrected chi connectivity index (χ0v) is 19.7. The number of guanidine groups is 1. The number of rotatable bonds is 5. The van der Waals surface area contributed by atoms with Crippen molar-refractivity contribution in [1.29, 1.82) is 0 Å². The number of halogens is 2. The molecular weight excluding hydrogens is 491 g/mol. The second kappa shape index (κ2) is 10.5. The number of piperidine rings is 1. The van der Waals surface area contributed by atoms with Gasteiger partial charge in [0.15, 0.2) is 5.96 Å². The molecule has 1 amide bonds. The highest BCUT2D eigenvalue weighted by Gasteiger charge is 2.42. The smallest absolute Gasteiger partial charge is 0.220 e. The zero-order chi connectivity index (χ0) is 19.3. The minimum atomic E-state index is 0. The molecule has 2 aliphatic heterocycles. The first-order valence-corrected chi connectivity index (χ1v) is 10.1. The van der Waals surface area contributed by atoms with Crippen LogP contribution in [0.1, 0.15) is 38.7 Å². The molecule has 8 heteroatoms. The molecule has 1 spiro atoms. The average Bonchev–Trinajstić information content (AvgIpc) is 3.00. The Morgan fingerprint density at radius 1 is 1.43 bits per heavy atom. The van der Waals surface area contributed by atoms with E-state index in [9.17, 15) is 4.79 Å². The van der Waals surface area contributed by atoms with Crippen LogP contribution in [0.2, 0.25) is 5.02 Å². The third kappa shape index (κ3) is 5.65. The summed E-state index contributed by atoms with van der Waals surface area (Å²) < 4.78 is 5.71. The van der Waals surface area contributed by atoms with E-state index >= 15 is 0 Å². The van der Waals surface area contributed by atoms with Crippen LogP contribution in [0, 0.1) is 5.41 Å². The van der Waals surface area contributed by atoms with E-state index in [0.29, 0.717) is 24.6 Å². The Kier molecular flexibility index (Phi) is 8.67. The van der Waals surface area contributed by atoms with Crippen molar-refractivity contribution >= 4 is 47.4 Å². The van der Waals surface area contributed by atoms with E-state index in [-0.39, 0.29) is 35.3 Å². The number of carbonyl (C=O) groups is 1. The standard InChI is InChI=1S/C20H29ClN4O2.HI/c1-3-22-19(23-12-15-6-7-16(21)10-17(15)27-4-2)25-9-5-8-20(14-25)11-18(26)24-13-20;/h6-7,10H,3-5,8-9,11-14H2,1-2H3,(H,22,23)(H,24,26);1H. The van der Waals surface area contributed by atoms with Crippen LogP contribution in [-0.4, -0.2) is 49.6 Å². The average molecular weight is 521 g/mol. The molecule has 3 rings (SSSR count). The molecule has 0 bridgehead atoms. The van der Waals surface area contributed by atoms with E-state index in [4.69, 9.17) is 21.3 Å². The molecule has 156 valence electrons. The maximum Gasteiger partial charge on any atom is 0.220 e. The van der Waals surface area contributed by atoms with Gasteiger partial charge in [-0.15, -0.1) is 24.0 Å². The van der Waals surface area contributed by atoms with Gasteiger partial charge in [-0.05, 0) is 38.8 Å². The number of hydrogen-bond donors (Lipinski definition) is 2.